The number of hydrogen-bond acceptors (Lipinski definition) is 3. The van der Waals surface area contributed by atoms with Gasteiger partial charge in [0.25, 0.3) is 0 Å². The number of nitrogens with one attached hydrogen (secondary N) is 1. The minimum absolute atomic E-state index is 0.00951. The third-order valence-corrected chi connectivity index (χ3v) is 8.12. The van der Waals surface area contributed by atoms with Crippen molar-refractivity contribution in [1.29, 1.82) is 0 Å². The van der Waals surface area contributed by atoms with Gasteiger partial charge in [0, 0.05) is 23.2 Å². The molecule has 2 aromatic carbocycles. The largest absolute Gasteiger partial charge is 0.332 e. The Labute approximate surface area is 223 Å². The van der Waals surface area contributed by atoms with Gasteiger partial charge in [-0.1, -0.05) is 50.5 Å². The molecule has 0 unspecified atom stereocenters. The monoisotopic (exact) mass is 521 g/mol. The van der Waals surface area contributed by atoms with E-state index < -0.39 is 0 Å². The number of halogens is 1. The van der Waals surface area contributed by atoms with Crippen LogP contribution in [0.5, 0.6) is 0 Å². The lowest BCUT2D eigenvalue weighted by atomic mass is 9.94. The Hall–Kier alpha value is -3.19. The van der Waals surface area contributed by atoms with Crippen LogP contribution in [0.1, 0.15) is 60.6 Å². The zero-order valence-electron chi connectivity index (χ0n) is 21.7. The molecule has 4 rings (SSSR count). The molecule has 1 aromatic heterocycles. The number of anilines is 1. The third-order valence-electron chi connectivity index (χ3n) is 7.11. The van der Waals surface area contributed by atoms with Crippen molar-refractivity contribution in [3.63, 3.8) is 0 Å². The number of hydrogen-bond donors (Lipinski definition) is 1. The van der Waals surface area contributed by atoms with Gasteiger partial charge in [0.15, 0.2) is 0 Å². The molecule has 196 valence electrons. The van der Waals surface area contributed by atoms with Gasteiger partial charge in [-0.05, 0) is 78.6 Å². The smallest absolute Gasteiger partial charge is 0.322 e. The second kappa shape index (κ2) is 12.9. The predicted octanol–water partition coefficient (Wildman–Crippen LogP) is 7.15. The number of urea groups is 1. The summed E-state index contributed by atoms with van der Waals surface area (Å²) in [4.78, 5) is 32.0. The maximum Gasteiger partial charge on any atom is 0.322 e. The molecule has 37 heavy (non-hydrogen) atoms. The van der Waals surface area contributed by atoms with Crippen LogP contribution in [0.2, 0.25) is 0 Å². The van der Waals surface area contributed by atoms with Crippen LogP contribution in [-0.4, -0.2) is 34.3 Å². The van der Waals surface area contributed by atoms with Crippen LogP contribution in [0.4, 0.5) is 14.9 Å². The van der Waals surface area contributed by atoms with Crippen molar-refractivity contribution in [3.05, 3.63) is 87.4 Å². The minimum atomic E-state index is -0.303. The predicted molar refractivity (Wildman–Crippen MR) is 148 cm³/mol. The summed E-state index contributed by atoms with van der Waals surface area (Å²) >= 11 is 1.62. The number of carbonyl (C=O) groups is 2. The fourth-order valence-electron chi connectivity index (χ4n) is 4.85. The van der Waals surface area contributed by atoms with E-state index in [9.17, 15) is 14.0 Å². The highest BCUT2D eigenvalue weighted by molar-refractivity contribution is 7.10. The number of amides is 3. The Balaban J connectivity index is 1.55. The van der Waals surface area contributed by atoms with Gasteiger partial charge in [-0.25, -0.2) is 9.18 Å². The van der Waals surface area contributed by atoms with Gasteiger partial charge in [0.2, 0.25) is 5.91 Å². The molecule has 1 aliphatic carbocycles. The molecule has 0 atom stereocenters. The summed E-state index contributed by atoms with van der Waals surface area (Å²) in [5.41, 5.74) is 3.89. The normalized spacial score (nSPS) is 13.8. The molecule has 3 amide bonds. The summed E-state index contributed by atoms with van der Waals surface area (Å²) in [6.07, 6.45) is 5.96. The molecule has 0 spiro atoms. The Kier molecular flexibility index (Phi) is 9.34. The SMILES string of the molecule is CCc1cccc(NC(=O)N(CC(=O)N(Cc2ccc(F)cc2)Cc2sccc2C)C2CCCCC2)c1. The first-order valence-corrected chi connectivity index (χ1v) is 14.0. The summed E-state index contributed by atoms with van der Waals surface area (Å²) in [6, 6.07) is 16.0. The molecule has 0 saturated heterocycles. The van der Waals surface area contributed by atoms with Gasteiger partial charge in [-0.15, -0.1) is 11.3 Å². The van der Waals surface area contributed by atoms with E-state index in [-0.39, 0.29) is 30.3 Å². The topological polar surface area (TPSA) is 52.7 Å². The van der Waals surface area contributed by atoms with E-state index in [2.05, 4.69) is 12.2 Å². The quantitative estimate of drug-likeness (QED) is 0.325. The fourth-order valence-corrected chi connectivity index (χ4v) is 5.77. The lowest BCUT2D eigenvalue weighted by molar-refractivity contribution is -0.133. The minimum Gasteiger partial charge on any atom is -0.332 e. The maximum absolute atomic E-state index is 13.8. The van der Waals surface area contributed by atoms with Crippen LogP contribution in [-0.2, 0) is 24.3 Å². The molecular formula is C30H36FN3O2S. The molecule has 3 aromatic rings. The number of carbonyl (C=O) groups excluding carboxylic acids is 2. The number of rotatable bonds is 9. The lowest BCUT2D eigenvalue weighted by Gasteiger charge is -2.35. The Morgan fingerprint density at radius 3 is 2.43 bits per heavy atom. The molecule has 1 heterocycles. The molecule has 0 bridgehead atoms. The van der Waals surface area contributed by atoms with Crippen molar-refractivity contribution < 1.29 is 14.0 Å². The number of nitrogens with zero attached hydrogens (tertiary/aromatic N) is 2. The number of aryl methyl sites for hydroxylation is 2. The van der Waals surface area contributed by atoms with Gasteiger partial charge in [-0.3, -0.25) is 4.79 Å². The first-order chi connectivity index (χ1) is 17.9. The second-order valence-corrected chi connectivity index (χ2v) is 10.8. The lowest BCUT2D eigenvalue weighted by Crippen LogP contribution is -2.49. The van der Waals surface area contributed by atoms with Crippen molar-refractivity contribution in [3.8, 4) is 0 Å². The Morgan fingerprint density at radius 1 is 1.00 bits per heavy atom. The van der Waals surface area contributed by atoms with Crippen LogP contribution < -0.4 is 5.32 Å². The van der Waals surface area contributed by atoms with E-state index in [0.29, 0.717) is 13.1 Å². The van der Waals surface area contributed by atoms with E-state index >= 15 is 0 Å². The fraction of sp³-hybridized carbons (Fsp3) is 0.400. The van der Waals surface area contributed by atoms with E-state index in [1.54, 1.807) is 33.3 Å². The van der Waals surface area contributed by atoms with Crippen molar-refractivity contribution in [2.45, 2.75) is 71.5 Å². The number of thiophene rings is 1. The highest BCUT2D eigenvalue weighted by Gasteiger charge is 2.29. The van der Waals surface area contributed by atoms with Gasteiger partial charge in [-0.2, -0.15) is 0 Å². The summed E-state index contributed by atoms with van der Waals surface area (Å²) in [6.45, 7) is 4.95. The van der Waals surface area contributed by atoms with E-state index in [1.165, 1.54) is 12.1 Å². The summed E-state index contributed by atoms with van der Waals surface area (Å²) in [5.74, 6) is -0.414. The Morgan fingerprint density at radius 2 is 1.76 bits per heavy atom. The van der Waals surface area contributed by atoms with Gasteiger partial charge >= 0.3 is 6.03 Å². The summed E-state index contributed by atoms with van der Waals surface area (Å²) < 4.78 is 13.5. The van der Waals surface area contributed by atoms with Crippen molar-refractivity contribution in [2.24, 2.45) is 0 Å². The first-order valence-electron chi connectivity index (χ1n) is 13.1. The van der Waals surface area contributed by atoms with Crippen LogP contribution in [0.3, 0.4) is 0 Å². The van der Waals surface area contributed by atoms with Crippen LogP contribution in [0, 0.1) is 12.7 Å². The molecule has 7 heteroatoms. The molecule has 5 nitrogen and oxygen atoms in total. The molecule has 1 saturated carbocycles. The third kappa shape index (κ3) is 7.41. The molecule has 1 aliphatic rings. The van der Waals surface area contributed by atoms with Crippen LogP contribution in [0.15, 0.2) is 60.0 Å². The maximum atomic E-state index is 13.8. The van der Waals surface area contributed by atoms with Crippen molar-refractivity contribution in [1.82, 2.24) is 9.80 Å². The first kappa shape index (κ1) is 26.9. The zero-order valence-corrected chi connectivity index (χ0v) is 22.5. The number of benzene rings is 2. The summed E-state index contributed by atoms with van der Waals surface area (Å²) in [5, 5.41) is 5.07. The van der Waals surface area contributed by atoms with Crippen molar-refractivity contribution >= 4 is 29.0 Å². The average Bonchev–Trinajstić information content (AvgIpc) is 3.32. The molecule has 0 aliphatic heterocycles. The molecule has 0 radical (unpaired) electrons. The molecule has 1 N–H and O–H groups in total. The van der Waals surface area contributed by atoms with Gasteiger partial charge in [0.05, 0.1) is 6.54 Å². The molecular weight excluding hydrogens is 485 g/mol. The Bertz CT molecular complexity index is 1190. The van der Waals surface area contributed by atoms with E-state index in [1.807, 2.05) is 42.6 Å². The second-order valence-electron chi connectivity index (χ2n) is 9.81. The van der Waals surface area contributed by atoms with Crippen molar-refractivity contribution in [2.75, 3.05) is 11.9 Å². The highest BCUT2D eigenvalue weighted by atomic mass is 32.1. The highest BCUT2D eigenvalue weighted by Crippen LogP contribution is 2.25. The average molecular weight is 522 g/mol. The van der Waals surface area contributed by atoms with Crippen LogP contribution in [0.25, 0.3) is 0 Å². The van der Waals surface area contributed by atoms with Gasteiger partial charge in [0.1, 0.15) is 12.4 Å². The standard InChI is InChI=1S/C30H36FN3O2S/c1-3-23-8-7-9-26(18-23)32-30(36)34(27-10-5-4-6-11-27)21-29(35)33(20-28-22(2)16-17-37-28)19-24-12-14-25(31)15-13-24/h7-9,12-18,27H,3-6,10-11,19-21H2,1-2H3,(H,32,36). The molecule has 1 fully saturated rings. The van der Waals surface area contributed by atoms with Gasteiger partial charge < -0.3 is 15.1 Å². The zero-order chi connectivity index (χ0) is 26.2. The van der Waals surface area contributed by atoms with E-state index in [4.69, 9.17) is 0 Å². The summed E-state index contributed by atoms with van der Waals surface area (Å²) in [7, 11) is 0. The van der Waals surface area contributed by atoms with E-state index in [0.717, 1.165) is 65.8 Å². The van der Waals surface area contributed by atoms with Crippen LogP contribution >= 0.6 is 11.3 Å².